The van der Waals surface area contributed by atoms with Crippen LogP contribution in [-0.4, -0.2) is 39.9 Å². The molecule has 0 spiro atoms. The molecule has 1 saturated heterocycles. The molecule has 2 aromatic heterocycles. The Morgan fingerprint density at radius 3 is 2.54 bits per heavy atom. The second-order valence-electron chi connectivity index (χ2n) is 9.23. The summed E-state index contributed by atoms with van der Waals surface area (Å²) in [6.45, 7) is 7.01. The van der Waals surface area contributed by atoms with E-state index in [1.807, 2.05) is 49.1 Å². The second-order valence-corrected chi connectivity index (χ2v) is 9.23. The zero-order valence-corrected chi connectivity index (χ0v) is 20.1. The van der Waals surface area contributed by atoms with Crippen LogP contribution >= 0.6 is 0 Å². The van der Waals surface area contributed by atoms with Crippen molar-refractivity contribution in [1.82, 2.24) is 14.9 Å². The SMILES string of the molecule is Cc1ccc(-c2ccc(C)nc2)c(C(=O)N2CCCC(C)C2CNc2ccc(C(F)(F)F)cn2)c1. The van der Waals surface area contributed by atoms with E-state index in [-0.39, 0.29) is 17.9 Å². The Morgan fingerprint density at radius 1 is 1.09 bits per heavy atom. The Balaban J connectivity index is 1.58. The number of alkyl halides is 3. The number of benzene rings is 1. The molecule has 8 heteroatoms. The van der Waals surface area contributed by atoms with Crippen molar-refractivity contribution in [3.05, 3.63) is 77.2 Å². The highest BCUT2D eigenvalue weighted by atomic mass is 19.4. The summed E-state index contributed by atoms with van der Waals surface area (Å²) >= 11 is 0. The van der Waals surface area contributed by atoms with Gasteiger partial charge >= 0.3 is 6.18 Å². The fraction of sp³-hybridized carbons (Fsp3) is 0.370. The molecule has 184 valence electrons. The van der Waals surface area contributed by atoms with Gasteiger partial charge in [-0.1, -0.05) is 30.7 Å². The first-order chi connectivity index (χ1) is 16.6. The Labute approximate surface area is 203 Å². The Morgan fingerprint density at radius 2 is 1.89 bits per heavy atom. The van der Waals surface area contributed by atoms with Gasteiger partial charge in [-0.05, 0) is 62.4 Å². The third-order valence-corrected chi connectivity index (χ3v) is 6.59. The number of nitrogens with one attached hydrogen (secondary N) is 1. The first-order valence-electron chi connectivity index (χ1n) is 11.8. The highest BCUT2D eigenvalue weighted by Crippen LogP contribution is 2.31. The lowest BCUT2D eigenvalue weighted by atomic mass is 9.89. The van der Waals surface area contributed by atoms with E-state index in [0.29, 0.717) is 24.5 Å². The van der Waals surface area contributed by atoms with Gasteiger partial charge in [-0.15, -0.1) is 0 Å². The number of carbonyl (C=O) groups is 1. The van der Waals surface area contributed by atoms with Crippen molar-refractivity contribution < 1.29 is 18.0 Å². The van der Waals surface area contributed by atoms with Crippen LogP contribution in [-0.2, 0) is 6.18 Å². The van der Waals surface area contributed by atoms with Crippen LogP contribution < -0.4 is 5.32 Å². The van der Waals surface area contributed by atoms with E-state index in [9.17, 15) is 18.0 Å². The molecule has 1 amide bonds. The average Bonchev–Trinajstić information content (AvgIpc) is 2.83. The number of nitrogens with zero attached hydrogens (tertiary/aromatic N) is 3. The highest BCUT2D eigenvalue weighted by molar-refractivity contribution is 6.01. The molecule has 0 aliphatic carbocycles. The molecule has 1 aromatic carbocycles. The topological polar surface area (TPSA) is 58.1 Å². The number of halogens is 3. The van der Waals surface area contributed by atoms with Gasteiger partial charge in [0.15, 0.2) is 0 Å². The van der Waals surface area contributed by atoms with Crippen LogP contribution in [0.15, 0.2) is 54.9 Å². The van der Waals surface area contributed by atoms with Crippen molar-refractivity contribution >= 4 is 11.7 Å². The van der Waals surface area contributed by atoms with Crippen LogP contribution in [0, 0.1) is 19.8 Å². The average molecular weight is 483 g/mol. The van der Waals surface area contributed by atoms with Gasteiger partial charge in [0.2, 0.25) is 0 Å². The number of anilines is 1. The van der Waals surface area contributed by atoms with E-state index in [1.165, 1.54) is 6.07 Å². The number of aryl methyl sites for hydroxylation is 2. The molecule has 5 nitrogen and oxygen atoms in total. The number of carbonyl (C=O) groups excluding carboxylic acids is 1. The number of hydrogen-bond donors (Lipinski definition) is 1. The quantitative estimate of drug-likeness (QED) is 0.475. The van der Waals surface area contributed by atoms with Crippen LogP contribution in [0.4, 0.5) is 19.0 Å². The summed E-state index contributed by atoms with van der Waals surface area (Å²) in [5.74, 6) is 0.525. The fourth-order valence-corrected chi connectivity index (χ4v) is 4.56. The third-order valence-electron chi connectivity index (χ3n) is 6.59. The molecule has 1 N–H and O–H groups in total. The lowest BCUT2D eigenvalue weighted by Gasteiger charge is -2.40. The molecule has 2 unspecified atom stereocenters. The fourth-order valence-electron chi connectivity index (χ4n) is 4.56. The number of piperidine rings is 1. The van der Waals surface area contributed by atoms with Crippen molar-refractivity contribution in [2.45, 2.75) is 45.8 Å². The van der Waals surface area contributed by atoms with Crippen molar-refractivity contribution in [3.63, 3.8) is 0 Å². The minimum absolute atomic E-state index is 0.0528. The van der Waals surface area contributed by atoms with Crippen LogP contribution in [0.5, 0.6) is 0 Å². The van der Waals surface area contributed by atoms with Crippen LogP contribution in [0.3, 0.4) is 0 Å². The van der Waals surface area contributed by atoms with Gasteiger partial charge in [-0.25, -0.2) is 4.98 Å². The number of likely N-dealkylation sites (tertiary alicyclic amines) is 1. The minimum atomic E-state index is -4.43. The molecule has 0 radical (unpaired) electrons. The normalized spacial score (nSPS) is 18.4. The van der Waals surface area contributed by atoms with E-state index in [0.717, 1.165) is 47.5 Å². The number of pyridine rings is 2. The predicted octanol–water partition coefficient (Wildman–Crippen LogP) is 6.13. The van der Waals surface area contributed by atoms with Crippen molar-refractivity contribution in [2.24, 2.45) is 5.92 Å². The van der Waals surface area contributed by atoms with Gasteiger partial charge < -0.3 is 10.2 Å². The third kappa shape index (κ3) is 5.63. The zero-order chi connectivity index (χ0) is 25.2. The number of rotatable bonds is 5. The van der Waals surface area contributed by atoms with Gasteiger partial charge in [0, 0.05) is 42.3 Å². The molecule has 1 aliphatic heterocycles. The van der Waals surface area contributed by atoms with Gasteiger partial charge in [0.25, 0.3) is 5.91 Å². The molecule has 1 aliphatic rings. The van der Waals surface area contributed by atoms with Crippen molar-refractivity contribution in [2.75, 3.05) is 18.4 Å². The summed E-state index contributed by atoms with van der Waals surface area (Å²) in [6.07, 6.45) is 0.0501. The van der Waals surface area contributed by atoms with Crippen molar-refractivity contribution in [1.29, 1.82) is 0 Å². The maximum atomic E-state index is 13.9. The van der Waals surface area contributed by atoms with E-state index < -0.39 is 11.7 Å². The number of hydrogen-bond acceptors (Lipinski definition) is 4. The van der Waals surface area contributed by atoms with Crippen LogP contribution in [0.25, 0.3) is 11.1 Å². The van der Waals surface area contributed by atoms with E-state index in [2.05, 4.69) is 22.2 Å². The molecular weight excluding hydrogens is 453 g/mol. The largest absolute Gasteiger partial charge is 0.417 e. The van der Waals surface area contributed by atoms with E-state index in [4.69, 9.17) is 0 Å². The monoisotopic (exact) mass is 482 g/mol. The lowest BCUT2D eigenvalue weighted by molar-refractivity contribution is -0.137. The smallest absolute Gasteiger partial charge is 0.368 e. The first-order valence-corrected chi connectivity index (χ1v) is 11.8. The van der Waals surface area contributed by atoms with Gasteiger partial charge in [-0.3, -0.25) is 9.78 Å². The van der Waals surface area contributed by atoms with Gasteiger partial charge in [0.05, 0.1) is 11.6 Å². The van der Waals surface area contributed by atoms with E-state index >= 15 is 0 Å². The number of amides is 1. The molecule has 35 heavy (non-hydrogen) atoms. The summed E-state index contributed by atoms with van der Waals surface area (Å²) in [6, 6.07) is 12.0. The molecule has 0 saturated carbocycles. The standard InChI is InChI=1S/C27H29F3N4O/c1-17-6-10-22(20-8-7-19(3)31-14-20)23(13-17)26(35)34-12-4-5-18(2)24(34)16-33-25-11-9-21(15-32-25)27(28,29)30/h6-11,13-15,18,24H,4-5,12,16H2,1-3H3,(H,32,33). The Hall–Kier alpha value is -3.42. The van der Waals surface area contributed by atoms with E-state index in [1.54, 1.807) is 6.20 Å². The van der Waals surface area contributed by atoms with Crippen molar-refractivity contribution in [3.8, 4) is 11.1 Å². The first kappa shape index (κ1) is 24.7. The molecule has 3 aromatic rings. The molecule has 3 heterocycles. The highest BCUT2D eigenvalue weighted by Gasteiger charge is 2.34. The molecule has 1 fully saturated rings. The number of aromatic nitrogens is 2. The second kappa shape index (κ2) is 10.1. The maximum Gasteiger partial charge on any atom is 0.417 e. The predicted molar refractivity (Wildman–Crippen MR) is 130 cm³/mol. The minimum Gasteiger partial charge on any atom is -0.368 e. The van der Waals surface area contributed by atoms with Gasteiger partial charge in [0.1, 0.15) is 5.82 Å². The summed E-state index contributed by atoms with van der Waals surface area (Å²) < 4.78 is 38.5. The van der Waals surface area contributed by atoms with Gasteiger partial charge in [-0.2, -0.15) is 13.2 Å². The molecule has 4 rings (SSSR count). The molecule has 2 atom stereocenters. The Bertz CT molecular complexity index is 1180. The summed E-state index contributed by atoms with van der Waals surface area (Å²) in [4.78, 5) is 24.1. The molecular formula is C27H29F3N4O. The summed E-state index contributed by atoms with van der Waals surface area (Å²) in [5.41, 5.74) is 3.45. The Kier molecular flexibility index (Phi) is 7.10. The van der Waals surface area contributed by atoms with Crippen LogP contribution in [0.1, 0.15) is 46.9 Å². The summed E-state index contributed by atoms with van der Waals surface area (Å²) in [5, 5.41) is 3.14. The lowest BCUT2D eigenvalue weighted by Crippen LogP contribution is -2.51. The maximum absolute atomic E-state index is 13.9. The molecule has 0 bridgehead atoms. The summed E-state index contributed by atoms with van der Waals surface area (Å²) in [7, 11) is 0. The van der Waals surface area contributed by atoms with Crippen LogP contribution in [0.2, 0.25) is 0 Å². The zero-order valence-electron chi connectivity index (χ0n) is 20.1.